The third kappa shape index (κ3) is 3.40. The summed E-state index contributed by atoms with van der Waals surface area (Å²) >= 11 is 2.45. The van der Waals surface area contributed by atoms with E-state index in [4.69, 9.17) is 0 Å². The fourth-order valence-electron chi connectivity index (χ4n) is 1.03. The highest BCUT2D eigenvalue weighted by Gasteiger charge is 2.10. The van der Waals surface area contributed by atoms with Gasteiger partial charge in [0.1, 0.15) is 0 Å². The minimum absolute atomic E-state index is 0.660. The lowest BCUT2D eigenvalue weighted by molar-refractivity contribution is 0.235. The number of halogens is 1. The lowest BCUT2D eigenvalue weighted by Gasteiger charge is -2.27. The van der Waals surface area contributed by atoms with Crippen molar-refractivity contribution < 1.29 is 0 Å². The van der Waals surface area contributed by atoms with Gasteiger partial charge in [0.25, 0.3) is 0 Å². The van der Waals surface area contributed by atoms with Gasteiger partial charge < -0.3 is 0 Å². The van der Waals surface area contributed by atoms with Gasteiger partial charge in [-0.1, -0.05) is 29.5 Å². The molecule has 0 saturated carbocycles. The monoisotopic (exact) mass is 241 g/mol. The molecule has 0 N–H and O–H groups in total. The van der Waals surface area contributed by atoms with Crippen molar-refractivity contribution in [2.24, 2.45) is 0 Å². The van der Waals surface area contributed by atoms with Crippen LogP contribution in [-0.4, -0.2) is 21.5 Å². The average molecular weight is 241 g/mol. The van der Waals surface area contributed by atoms with Gasteiger partial charge in [0, 0.05) is 6.04 Å². The number of alkyl halides is 1. The van der Waals surface area contributed by atoms with Crippen molar-refractivity contribution in [2.45, 2.75) is 37.8 Å². The Bertz CT molecular complexity index is 63.3. The highest BCUT2D eigenvalue weighted by molar-refractivity contribution is 14.1. The summed E-state index contributed by atoms with van der Waals surface area (Å²) in [4.78, 5) is 2.44. The molecular weight excluding hydrogens is 225 g/mol. The molecule has 1 unspecified atom stereocenters. The highest BCUT2D eigenvalue weighted by Crippen LogP contribution is 2.09. The average Bonchev–Trinajstić information content (AvgIpc) is 1.64. The molecule has 0 bridgehead atoms. The zero-order valence-corrected chi connectivity index (χ0v) is 8.84. The summed E-state index contributed by atoms with van der Waals surface area (Å²) in [7, 11) is 0. The maximum absolute atomic E-state index is 2.45. The molecule has 0 spiro atoms. The minimum Gasteiger partial charge on any atom is -0.290 e. The van der Waals surface area contributed by atoms with Crippen LogP contribution < -0.4 is 0 Å². The smallest absolute Gasteiger partial charge is 0.0592 e. The van der Waals surface area contributed by atoms with Gasteiger partial charge in [0.15, 0.2) is 0 Å². The zero-order valence-electron chi connectivity index (χ0n) is 6.69. The van der Waals surface area contributed by atoms with Crippen molar-refractivity contribution >= 4 is 22.6 Å². The summed E-state index contributed by atoms with van der Waals surface area (Å²) in [5.74, 6) is 0. The first-order chi connectivity index (χ1) is 4.09. The Morgan fingerprint density at radius 2 is 1.78 bits per heavy atom. The molecule has 0 aliphatic rings. The van der Waals surface area contributed by atoms with Crippen molar-refractivity contribution in [2.75, 3.05) is 6.54 Å². The van der Waals surface area contributed by atoms with Crippen LogP contribution in [0.2, 0.25) is 0 Å². The van der Waals surface area contributed by atoms with Gasteiger partial charge in [-0.25, -0.2) is 0 Å². The van der Waals surface area contributed by atoms with E-state index in [9.17, 15) is 0 Å². The Hall–Kier alpha value is 0.690. The van der Waals surface area contributed by atoms with Crippen LogP contribution >= 0.6 is 22.6 Å². The fraction of sp³-hybridized carbons (Fsp3) is 1.00. The molecule has 0 aliphatic heterocycles. The maximum atomic E-state index is 2.45. The van der Waals surface area contributed by atoms with Crippen LogP contribution in [0.4, 0.5) is 0 Å². The molecule has 0 amide bonds. The molecule has 0 rings (SSSR count). The molecule has 2 heteroatoms. The molecule has 56 valence electrons. The van der Waals surface area contributed by atoms with Gasteiger partial charge in [-0.15, -0.1) is 0 Å². The highest BCUT2D eigenvalue weighted by atomic mass is 127. The van der Waals surface area contributed by atoms with Gasteiger partial charge in [-0.2, -0.15) is 0 Å². The predicted molar refractivity (Wildman–Crippen MR) is 51.0 cm³/mol. The summed E-state index contributed by atoms with van der Waals surface area (Å²) < 4.78 is 0.660. The van der Waals surface area contributed by atoms with E-state index in [1.54, 1.807) is 0 Å². The van der Waals surface area contributed by atoms with E-state index in [1.807, 2.05) is 0 Å². The van der Waals surface area contributed by atoms with Gasteiger partial charge in [0.05, 0.1) is 4.05 Å². The molecule has 0 fully saturated rings. The summed E-state index contributed by atoms with van der Waals surface area (Å²) in [5.41, 5.74) is 0. The topological polar surface area (TPSA) is 3.24 Å². The van der Waals surface area contributed by atoms with E-state index >= 15 is 0 Å². The van der Waals surface area contributed by atoms with Crippen molar-refractivity contribution in [3.8, 4) is 0 Å². The van der Waals surface area contributed by atoms with Gasteiger partial charge in [-0.05, 0) is 27.3 Å². The first-order valence-corrected chi connectivity index (χ1v) is 4.74. The Labute approximate surface area is 72.0 Å². The van der Waals surface area contributed by atoms with Crippen LogP contribution in [-0.2, 0) is 0 Å². The van der Waals surface area contributed by atoms with Gasteiger partial charge in [-0.3, -0.25) is 4.90 Å². The second kappa shape index (κ2) is 4.50. The summed E-state index contributed by atoms with van der Waals surface area (Å²) in [6.07, 6.45) is 0. The Kier molecular flexibility index (Phi) is 4.84. The predicted octanol–water partition coefficient (Wildman–Crippen LogP) is 2.50. The van der Waals surface area contributed by atoms with Crippen molar-refractivity contribution in [3.63, 3.8) is 0 Å². The van der Waals surface area contributed by atoms with E-state index in [-0.39, 0.29) is 0 Å². The molecule has 0 aromatic carbocycles. The lowest BCUT2D eigenvalue weighted by Crippen LogP contribution is -2.34. The fourth-order valence-corrected chi connectivity index (χ4v) is 2.06. The van der Waals surface area contributed by atoms with E-state index in [0.717, 1.165) is 6.54 Å². The molecule has 0 aromatic heterocycles. The largest absolute Gasteiger partial charge is 0.290 e. The molecule has 9 heavy (non-hydrogen) atoms. The van der Waals surface area contributed by atoms with E-state index < -0.39 is 0 Å². The van der Waals surface area contributed by atoms with Gasteiger partial charge in [0.2, 0.25) is 0 Å². The maximum Gasteiger partial charge on any atom is 0.0592 e. The SMILES string of the molecule is CCN(C(C)C)C(C)I. The number of hydrogen-bond donors (Lipinski definition) is 0. The van der Waals surface area contributed by atoms with E-state index in [1.165, 1.54) is 0 Å². The van der Waals surface area contributed by atoms with Gasteiger partial charge >= 0.3 is 0 Å². The first kappa shape index (κ1) is 9.69. The van der Waals surface area contributed by atoms with Crippen molar-refractivity contribution in [1.82, 2.24) is 4.90 Å². The number of hydrogen-bond acceptors (Lipinski definition) is 1. The molecule has 1 nitrogen and oxygen atoms in total. The standard InChI is InChI=1S/C7H16IN/c1-5-9(6(2)3)7(4)8/h6-7H,5H2,1-4H3. The summed E-state index contributed by atoms with van der Waals surface area (Å²) in [6.45, 7) is 10.1. The summed E-state index contributed by atoms with van der Waals surface area (Å²) in [5, 5.41) is 0. The molecule has 0 saturated heterocycles. The van der Waals surface area contributed by atoms with Crippen LogP contribution in [0.3, 0.4) is 0 Å². The molecule has 1 atom stereocenters. The Morgan fingerprint density at radius 1 is 1.33 bits per heavy atom. The summed E-state index contributed by atoms with van der Waals surface area (Å²) in [6, 6.07) is 0.682. The molecule has 0 radical (unpaired) electrons. The third-order valence-corrected chi connectivity index (χ3v) is 2.20. The zero-order chi connectivity index (χ0) is 7.44. The van der Waals surface area contributed by atoms with Crippen molar-refractivity contribution in [1.29, 1.82) is 0 Å². The molecule has 0 aromatic rings. The normalized spacial score (nSPS) is 15.0. The Balaban J connectivity index is 3.68. The van der Waals surface area contributed by atoms with Crippen LogP contribution in [0, 0.1) is 0 Å². The first-order valence-electron chi connectivity index (χ1n) is 3.49. The Morgan fingerprint density at radius 3 is 1.78 bits per heavy atom. The second-order valence-corrected chi connectivity index (χ2v) is 4.30. The van der Waals surface area contributed by atoms with E-state index in [2.05, 4.69) is 55.2 Å². The van der Waals surface area contributed by atoms with Crippen LogP contribution in [0.5, 0.6) is 0 Å². The lowest BCUT2D eigenvalue weighted by atomic mass is 10.3. The molecule has 0 aliphatic carbocycles. The van der Waals surface area contributed by atoms with Crippen molar-refractivity contribution in [3.05, 3.63) is 0 Å². The number of rotatable bonds is 3. The quantitative estimate of drug-likeness (QED) is 0.417. The second-order valence-electron chi connectivity index (χ2n) is 2.50. The van der Waals surface area contributed by atoms with Crippen LogP contribution in [0.15, 0.2) is 0 Å². The minimum atomic E-state index is 0.660. The molecular formula is C7H16IN. The van der Waals surface area contributed by atoms with Crippen LogP contribution in [0.1, 0.15) is 27.7 Å². The molecule has 0 heterocycles. The number of nitrogens with zero attached hydrogens (tertiary/aromatic N) is 1. The van der Waals surface area contributed by atoms with Crippen LogP contribution in [0.25, 0.3) is 0 Å². The van der Waals surface area contributed by atoms with E-state index in [0.29, 0.717) is 10.1 Å². The third-order valence-electron chi connectivity index (χ3n) is 1.49.